The van der Waals surface area contributed by atoms with E-state index in [1.54, 1.807) is 12.1 Å². The number of pyridine rings is 1. The van der Waals surface area contributed by atoms with Gasteiger partial charge in [-0.2, -0.15) is 0 Å². The molecule has 0 saturated carbocycles. The first kappa shape index (κ1) is 25.9. The molecule has 3 aromatic rings. The van der Waals surface area contributed by atoms with Crippen molar-refractivity contribution in [1.29, 1.82) is 0 Å². The van der Waals surface area contributed by atoms with Gasteiger partial charge in [0.1, 0.15) is 17.3 Å². The van der Waals surface area contributed by atoms with Gasteiger partial charge in [-0.1, -0.05) is 19.1 Å². The number of benzene rings is 2. The van der Waals surface area contributed by atoms with Gasteiger partial charge in [0.25, 0.3) is 0 Å². The van der Waals surface area contributed by atoms with Crippen molar-refractivity contribution < 1.29 is 33.3 Å². The van der Waals surface area contributed by atoms with E-state index in [2.05, 4.69) is 25.9 Å². The maximum atomic E-state index is 14.6. The third kappa shape index (κ3) is 7.94. The summed E-state index contributed by atoms with van der Waals surface area (Å²) >= 11 is 0. The van der Waals surface area contributed by atoms with E-state index in [4.69, 9.17) is 9.84 Å². The number of nitrogens with one attached hydrogen (secondary N) is 3. The van der Waals surface area contributed by atoms with Gasteiger partial charge < -0.3 is 25.6 Å². The molecule has 2 aromatic carbocycles. The quantitative estimate of drug-likeness (QED) is 0.234. The smallest absolute Gasteiger partial charge is 0.321 e. The maximum Gasteiger partial charge on any atom is 0.321 e. The molecule has 188 valence electrons. The molecule has 1 unspecified atom stereocenters. The van der Waals surface area contributed by atoms with Crippen molar-refractivity contribution in [2.45, 2.75) is 13.5 Å². The molecule has 0 aliphatic heterocycles. The van der Waals surface area contributed by atoms with E-state index in [1.165, 1.54) is 37.4 Å². The second-order valence-electron chi connectivity index (χ2n) is 7.61. The number of amides is 2. The number of guanidine groups is 1. The lowest BCUT2D eigenvalue weighted by Crippen LogP contribution is -2.42. The Hall–Kier alpha value is -4.74. The number of nitrogens with zero attached hydrogens (tertiary/aromatic N) is 2. The Balaban J connectivity index is 1.69. The highest BCUT2D eigenvalue weighted by molar-refractivity contribution is 6.03. The van der Waals surface area contributed by atoms with Crippen molar-refractivity contribution in [2.75, 3.05) is 11.9 Å². The summed E-state index contributed by atoms with van der Waals surface area (Å²) in [5.74, 6) is -3.56. The van der Waals surface area contributed by atoms with Gasteiger partial charge in [-0.3, -0.25) is 20.1 Å². The monoisotopic (exact) mass is 499 g/mol. The molecule has 36 heavy (non-hydrogen) atoms. The van der Waals surface area contributed by atoms with Crippen molar-refractivity contribution in [3.63, 3.8) is 0 Å². The van der Waals surface area contributed by atoms with Crippen molar-refractivity contribution in [3.8, 4) is 17.2 Å². The van der Waals surface area contributed by atoms with Gasteiger partial charge in [0, 0.05) is 24.4 Å². The first-order valence-electron chi connectivity index (χ1n) is 10.6. The molecule has 12 heteroatoms. The lowest BCUT2D eigenvalue weighted by atomic mass is 10.2. The van der Waals surface area contributed by atoms with E-state index < -0.39 is 29.6 Å². The second-order valence-corrected chi connectivity index (χ2v) is 7.61. The molecule has 1 heterocycles. The molecule has 1 atom stereocenters. The van der Waals surface area contributed by atoms with Gasteiger partial charge in [-0.15, -0.1) is 0 Å². The number of urea groups is 1. The fourth-order valence-electron chi connectivity index (χ4n) is 2.74. The molecule has 0 fully saturated rings. The number of carboxylic acids is 1. The zero-order valence-electron chi connectivity index (χ0n) is 19.0. The number of anilines is 1. The molecule has 2 amide bonds. The third-order valence-corrected chi connectivity index (χ3v) is 4.67. The van der Waals surface area contributed by atoms with Crippen LogP contribution in [0.25, 0.3) is 0 Å². The summed E-state index contributed by atoms with van der Waals surface area (Å²) in [5.41, 5.74) is 0.901. The minimum atomic E-state index is -1.07. The Morgan fingerprint density at radius 1 is 1.11 bits per heavy atom. The van der Waals surface area contributed by atoms with Crippen LogP contribution >= 0.6 is 0 Å². The lowest BCUT2D eigenvalue weighted by Gasteiger charge is -2.14. The Bertz CT molecular complexity index is 1250. The van der Waals surface area contributed by atoms with Crippen molar-refractivity contribution in [3.05, 3.63) is 78.1 Å². The van der Waals surface area contributed by atoms with Gasteiger partial charge in [-0.05, 0) is 29.8 Å². The van der Waals surface area contributed by atoms with Crippen LogP contribution in [0.15, 0.2) is 65.9 Å². The summed E-state index contributed by atoms with van der Waals surface area (Å²) in [4.78, 5) is 31.2. The van der Waals surface area contributed by atoms with E-state index >= 15 is 0 Å². The molecule has 0 aliphatic rings. The van der Waals surface area contributed by atoms with Crippen LogP contribution in [0.5, 0.6) is 17.2 Å². The van der Waals surface area contributed by atoms with Gasteiger partial charge in [0.2, 0.25) is 5.96 Å². The topological polar surface area (TPSA) is 145 Å². The Labute approximate surface area is 204 Å². The van der Waals surface area contributed by atoms with Crippen LogP contribution in [0.1, 0.15) is 12.5 Å². The number of hydrogen-bond donors (Lipinski definition) is 5. The highest BCUT2D eigenvalue weighted by Crippen LogP contribution is 2.26. The van der Waals surface area contributed by atoms with Crippen LogP contribution in [0.2, 0.25) is 0 Å². The predicted molar refractivity (Wildman–Crippen MR) is 127 cm³/mol. The van der Waals surface area contributed by atoms with E-state index in [0.29, 0.717) is 0 Å². The highest BCUT2D eigenvalue weighted by Gasteiger charge is 2.14. The fraction of sp³-hybridized carbons (Fsp3) is 0.167. The molecular formula is C24H23F2N5O5. The van der Waals surface area contributed by atoms with E-state index in [-0.39, 0.29) is 42.0 Å². The van der Waals surface area contributed by atoms with Crippen LogP contribution in [0.4, 0.5) is 19.3 Å². The first-order chi connectivity index (χ1) is 17.2. The number of carboxylic acid groups (broad SMARTS) is 1. The summed E-state index contributed by atoms with van der Waals surface area (Å²) in [7, 11) is 0. The summed E-state index contributed by atoms with van der Waals surface area (Å²) in [6.07, 6.45) is 2.21. The largest absolute Gasteiger partial charge is 0.508 e. The number of carbonyl (C=O) groups excluding carboxylic acids is 1. The molecule has 0 saturated heterocycles. The zero-order valence-corrected chi connectivity index (χ0v) is 19.0. The molecular weight excluding hydrogens is 476 g/mol. The van der Waals surface area contributed by atoms with Crippen LogP contribution in [0.3, 0.4) is 0 Å². The SMILES string of the molecule is CC(CN=C(NC(=O)NCc1ccc(O)cc1)Nc1ccc(Oc2cncc(F)c2)c(F)c1)C(=O)O. The summed E-state index contributed by atoms with van der Waals surface area (Å²) in [6, 6.07) is 10.4. The Morgan fingerprint density at radius 2 is 1.86 bits per heavy atom. The number of aliphatic carboxylic acids is 1. The molecule has 0 aliphatic carbocycles. The van der Waals surface area contributed by atoms with Crippen molar-refractivity contribution in [1.82, 2.24) is 15.6 Å². The number of aromatic hydroxyl groups is 1. The van der Waals surface area contributed by atoms with Gasteiger partial charge in [0.15, 0.2) is 11.6 Å². The van der Waals surface area contributed by atoms with Crippen LogP contribution in [-0.4, -0.2) is 39.7 Å². The second kappa shape index (κ2) is 12.1. The number of aliphatic imine (C=N–C) groups is 1. The van der Waals surface area contributed by atoms with E-state index in [0.717, 1.165) is 23.9 Å². The average molecular weight is 499 g/mol. The van der Waals surface area contributed by atoms with Crippen LogP contribution < -0.4 is 20.7 Å². The van der Waals surface area contributed by atoms with Crippen LogP contribution in [0, 0.1) is 17.6 Å². The van der Waals surface area contributed by atoms with Gasteiger partial charge >= 0.3 is 12.0 Å². The number of phenols is 1. The molecule has 5 N–H and O–H groups in total. The normalized spacial score (nSPS) is 11.9. The molecule has 10 nitrogen and oxygen atoms in total. The average Bonchev–Trinajstić information content (AvgIpc) is 2.83. The van der Waals surface area contributed by atoms with Gasteiger partial charge in [-0.25, -0.2) is 13.6 Å². The minimum Gasteiger partial charge on any atom is -0.508 e. The van der Waals surface area contributed by atoms with Gasteiger partial charge in [0.05, 0.1) is 24.9 Å². The molecule has 3 rings (SSSR count). The molecule has 0 radical (unpaired) electrons. The first-order valence-corrected chi connectivity index (χ1v) is 10.6. The summed E-state index contributed by atoms with van der Waals surface area (Å²) in [6.45, 7) is 1.42. The predicted octanol–water partition coefficient (Wildman–Crippen LogP) is 3.85. The van der Waals surface area contributed by atoms with Crippen LogP contribution in [-0.2, 0) is 11.3 Å². The number of halogens is 2. The van der Waals surface area contributed by atoms with Crippen molar-refractivity contribution in [2.24, 2.45) is 10.9 Å². The number of hydrogen-bond acceptors (Lipinski definition) is 6. The summed E-state index contributed by atoms with van der Waals surface area (Å²) in [5, 5.41) is 26.2. The zero-order chi connectivity index (χ0) is 26.1. The van der Waals surface area contributed by atoms with Crippen molar-refractivity contribution >= 4 is 23.6 Å². The number of rotatable bonds is 8. The Morgan fingerprint density at radius 3 is 2.53 bits per heavy atom. The lowest BCUT2D eigenvalue weighted by molar-refractivity contribution is -0.140. The highest BCUT2D eigenvalue weighted by atomic mass is 19.1. The van der Waals surface area contributed by atoms with E-state index in [9.17, 15) is 23.5 Å². The standard InChI is InChI=1S/C24H23F2N5O5/c1-14(22(33)34)10-28-23(31-24(35)29-11-15-2-5-18(32)6-3-15)30-17-4-7-21(20(26)9-17)36-19-8-16(25)12-27-13-19/h2-9,12-14,32H,10-11H2,1H3,(H,33,34)(H3,28,29,30,31,35). The number of carbonyl (C=O) groups is 2. The van der Waals surface area contributed by atoms with E-state index in [1.807, 2.05) is 0 Å². The molecule has 1 aromatic heterocycles. The minimum absolute atomic E-state index is 0.00600. The Kier molecular flexibility index (Phi) is 8.70. The molecule has 0 spiro atoms. The third-order valence-electron chi connectivity index (χ3n) is 4.67. The number of aromatic nitrogens is 1. The number of phenolic OH excluding ortho intramolecular Hbond substituents is 1. The number of ether oxygens (including phenoxy) is 1. The fourth-order valence-corrected chi connectivity index (χ4v) is 2.74. The molecule has 0 bridgehead atoms. The summed E-state index contributed by atoms with van der Waals surface area (Å²) < 4.78 is 33.2. The maximum absolute atomic E-state index is 14.6.